The van der Waals surface area contributed by atoms with Gasteiger partial charge in [-0.05, 0) is 35.9 Å². The molecule has 1 atom stereocenters. The van der Waals surface area contributed by atoms with Crippen molar-refractivity contribution in [1.29, 1.82) is 0 Å². The number of aromatic hydroxyl groups is 1. The van der Waals surface area contributed by atoms with Gasteiger partial charge in [0.25, 0.3) is 0 Å². The maximum absolute atomic E-state index is 12.7. The first-order valence-corrected chi connectivity index (χ1v) is 9.40. The molecule has 0 spiro atoms. The Kier molecular flexibility index (Phi) is 8.31. The third-order valence-corrected chi connectivity index (χ3v) is 4.48. The number of carbonyl (C=O) groups excluding carboxylic acids is 4. The highest BCUT2D eigenvalue weighted by atomic mass is 16.5. The summed E-state index contributed by atoms with van der Waals surface area (Å²) in [5, 5.41) is 14.5. The van der Waals surface area contributed by atoms with Crippen molar-refractivity contribution in [2.24, 2.45) is 0 Å². The number of carbonyl (C=O) groups is 4. The molecular weight excluding hydrogens is 420 g/mol. The number of amides is 2. The molecule has 0 heterocycles. The summed E-state index contributed by atoms with van der Waals surface area (Å²) in [6.45, 7) is -0.125. The maximum atomic E-state index is 12.7. The molecule has 0 saturated carbocycles. The van der Waals surface area contributed by atoms with Crippen molar-refractivity contribution in [2.45, 2.75) is 12.0 Å². The van der Waals surface area contributed by atoms with Crippen LogP contribution in [0.3, 0.4) is 0 Å². The molecule has 0 saturated heterocycles. The van der Waals surface area contributed by atoms with E-state index in [1.54, 1.807) is 12.1 Å². The molecule has 0 aromatic heterocycles. The van der Waals surface area contributed by atoms with Crippen molar-refractivity contribution in [3.63, 3.8) is 0 Å². The molecule has 0 aliphatic carbocycles. The number of hydrogen-bond donors (Lipinski definition) is 3. The van der Waals surface area contributed by atoms with Crippen LogP contribution in [0.4, 0.5) is 10.5 Å². The summed E-state index contributed by atoms with van der Waals surface area (Å²) in [5.41, 5.74) is -0.594. The molecule has 3 N–H and O–H groups in total. The second-order valence-electron chi connectivity index (χ2n) is 6.91. The second kappa shape index (κ2) is 10.9. The molecule has 10 nitrogen and oxygen atoms in total. The largest absolute Gasteiger partial charge is 0.508 e. The molecule has 2 aromatic carbocycles. The van der Waals surface area contributed by atoms with Crippen molar-refractivity contribution in [3.8, 4) is 5.75 Å². The number of methoxy groups -OCH3 is 3. The van der Waals surface area contributed by atoms with Gasteiger partial charge < -0.3 is 34.7 Å². The normalized spacial score (nSPS) is 12.2. The third-order valence-electron chi connectivity index (χ3n) is 4.48. The molecule has 0 radical (unpaired) electrons. The number of ether oxygens (including phenoxy) is 3. The Morgan fingerprint density at radius 1 is 0.969 bits per heavy atom. The Morgan fingerprint density at radius 2 is 1.53 bits per heavy atom. The Hall–Kier alpha value is -3.92. The Bertz CT molecular complexity index is 956. The SMILES string of the molecule is COC[C@@](C=O)(Cc1ccc(O)cc1)NC(=O)Nc1cc(C(=O)OC)cc(C(=O)OC)c1. The Labute approximate surface area is 184 Å². The third kappa shape index (κ3) is 6.29. The van der Waals surface area contributed by atoms with Crippen molar-refractivity contribution in [2.75, 3.05) is 33.3 Å². The van der Waals surface area contributed by atoms with Gasteiger partial charge in [0.1, 0.15) is 17.6 Å². The number of anilines is 1. The maximum Gasteiger partial charge on any atom is 0.337 e. The number of rotatable bonds is 9. The average molecular weight is 444 g/mol. The summed E-state index contributed by atoms with van der Waals surface area (Å²) < 4.78 is 14.5. The first-order chi connectivity index (χ1) is 15.3. The van der Waals surface area contributed by atoms with E-state index in [4.69, 9.17) is 4.74 Å². The van der Waals surface area contributed by atoms with E-state index >= 15 is 0 Å². The molecular formula is C22H24N2O8. The lowest BCUT2D eigenvalue weighted by Crippen LogP contribution is -2.56. The van der Waals surface area contributed by atoms with Gasteiger partial charge in [-0.3, -0.25) is 0 Å². The van der Waals surface area contributed by atoms with Crippen molar-refractivity contribution in [3.05, 3.63) is 59.2 Å². The number of urea groups is 1. The van der Waals surface area contributed by atoms with E-state index in [1.165, 1.54) is 51.7 Å². The van der Waals surface area contributed by atoms with Gasteiger partial charge in [-0.25, -0.2) is 14.4 Å². The van der Waals surface area contributed by atoms with Crippen LogP contribution < -0.4 is 10.6 Å². The lowest BCUT2D eigenvalue weighted by Gasteiger charge is -2.29. The van der Waals surface area contributed by atoms with Crippen molar-refractivity contribution >= 4 is 29.9 Å². The molecule has 2 rings (SSSR count). The van der Waals surface area contributed by atoms with Gasteiger partial charge in [-0.15, -0.1) is 0 Å². The molecule has 0 bridgehead atoms. The summed E-state index contributed by atoms with van der Waals surface area (Å²) in [4.78, 5) is 48.5. The molecule has 0 unspecified atom stereocenters. The van der Waals surface area contributed by atoms with Gasteiger partial charge in [0.05, 0.1) is 32.0 Å². The topological polar surface area (TPSA) is 140 Å². The van der Waals surface area contributed by atoms with Crippen LogP contribution in [0, 0.1) is 0 Å². The molecule has 2 amide bonds. The fourth-order valence-corrected chi connectivity index (χ4v) is 3.03. The quantitative estimate of drug-likeness (QED) is 0.394. The molecule has 10 heteroatoms. The predicted molar refractivity (Wildman–Crippen MR) is 114 cm³/mol. The van der Waals surface area contributed by atoms with Gasteiger partial charge in [-0.1, -0.05) is 12.1 Å². The highest BCUT2D eigenvalue weighted by molar-refractivity contribution is 5.99. The van der Waals surface area contributed by atoms with E-state index < -0.39 is 23.5 Å². The number of esters is 2. The summed E-state index contributed by atoms with van der Waals surface area (Å²) in [5.74, 6) is -1.36. The standard InChI is InChI=1S/C22H24N2O8/c1-30-13-22(12-25,11-14-4-6-18(26)7-5-14)24-21(29)23-17-9-15(19(27)31-2)8-16(10-17)20(28)32-3/h4-10,12,26H,11,13H2,1-3H3,(H2,23,24,29)/t22-/m0/s1. The van der Waals surface area contributed by atoms with E-state index in [-0.39, 0.29) is 35.6 Å². The van der Waals surface area contributed by atoms with Crippen molar-refractivity contribution < 1.29 is 38.5 Å². The minimum Gasteiger partial charge on any atom is -0.508 e. The summed E-state index contributed by atoms with van der Waals surface area (Å²) in [6, 6.07) is 9.29. The zero-order chi connectivity index (χ0) is 23.7. The van der Waals surface area contributed by atoms with Gasteiger partial charge in [-0.2, -0.15) is 0 Å². The van der Waals surface area contributed by atoms with Gasteiger partial charge >= 0.3 is 18.0 Å². The molecule has 32 heavy (non-hydrogen) atoms. The first kappa shape index (κ1) is 24.4. The van der Waals surface area contributed by atoms with Gasteiger partial charge in [0.2, 0.25) is 0 Å². The number of phenols is 1. The van der Waals surface area contributed by atoms with Crippen LogP contribution in [-0.4, -0.2) is 62.8 Å². The Balaban J connectivity index is 2.28. The van der Waals surface area contributed by atoms with Crippen LogP contribution in [0.5, 0.6) is 5.75 Å². The van der Waals surface area contributed by atoms with Crippen LogP contribution >= 0.6 is 0 Å². The first-order valence-electron chi connectivity index (χ1n) is 9.40. The summed E-state index contributed by atoms with van der Waals surface area (Å²) in [6.07, 6.45) is 0.654. The predicted octanol–water partition coefficient (Wildman–Crippen LogP) is 1.91. The van der Waals surface area contributed by atoms with Gasteiger partial charge in [0, 0.05) is 19.2 Å². The van der Waals surface area contributed by atoms with E-state index in [0.717, 1.165) is 0 Å². The Morgan fingerprint density at radius 3 is 2.00 bits per heavy atom. The van der Waals surface area contributed by atoms with E-state index in [9.17, 15) is 24.3 Å². The minimum atomic E-state index is -1.42. The summed E-state index contributed by atoms with van der Waals surface area (Å²) >= 11 is 0. The highest BCUT2D eigenvalue weighted by Crippen LogP contribution is 2.19. The van der Waals surface area contributed by atoms with Crippen LogP contribution in [0.25, 0.3) is 0 Å². The molecule has 0 aliphatic heterocycles. The highest BCUT2D eigenvalue weighted by Gasteiger charge is 2.32. The zero-order valence-corrected chi connectivity index (χ0v) is 17.8. The van der Waals surface area contributed by atoms with Crippen LogP contribution in [-0.2, 0) is 25.4 Å². The number of aldehydes is 1. The monoisotopic (exact) mass is 444 g/mol. The van der Waals surface area contributed by atoms with E-state index in [0.29, 0.717) is 11.8 Å². The second-order valence-corrected chi connectivity index (χ2v) is 6.91. The lowest BCUT2D eigenvalue weighted by atomic mass is 9.93. The number of phenolic OH excluding ortho intramolecular Hbond substituents is 1. The smallest absolute Gasteiger partial charge is 0.337 e. The van der Waals surface area contributed by atoms with Gasteiger partial charge in [0.15, 0.2) is 0 Å². The zero-order valence-electron chi connectivity index (χ0n) is 17.8. The number of benzene rings is 2. The van der Waals surface area contributed by atoms with Crippen LogP contribution in [0.1, 0.15) is 26.3 Å². The number of hydrogen-bond acceptors (Lipinski definition) is 8. The average Bonchev–Trinajstić information content (AvgIpc) is 2.79. The fourth-order valence-electron chi connectivity index (χ4n) is 3.03. The molecule has 170 valence electrons. The van der Waals surface area contributed by atoms with E-state index in [2.05, 4.69) is 20.1 Å². The van der Waals surface area contributed by atoms with Crippen LogP contribution in [0.2, 0.25) is 0 Å². The summed E-state index contributed by atoms with van der Waals surface area (Å²) in [7, 11) is 3.75. The fraction of sp³-hybridized carbons (Fsp3) is 0.273. The van der Waals surface area contributed by atoms with E-state index in [1.807, 2.05) is 0 Å². The van der Waals surface area contributed by atoms with Crippen molar-refractivity contribution in [1.82, 2.24) is 5.32 Å². The molecule has 2 aromatic rings. The number of nitrogens with one attached hydrogen (secondary N) is 2. The minimum absolute atomic E-state index is 0.0216. The molecule has 0 aliphatic rings. The lowest BCUT2D eigenvalue weighted by molar-refractivity contribution is -0.114. The van der Waals surface area contributed by atoms with Crippen LogP contribution in [0.15, 0.2) is 42.5 Å². The molecule has 0 fully saturated rings.